The minimum atomic E-state index is -0.154. The molecule has 1 aromatic heterocycles. The average molecular weight is 235 g/mol. The highest BCUT2D eigenvalue weighted by molar-refractivity contribution is 6.38. The van der Waals surface area contributed by atoms with E-state index >= 15 is 0 Å². The third-order valence-electron chi connectivity index (χ3n) is 2.30. The number of amides is 1. The van der Waals surface area contributed by atoms with Gasteiger partial charge in [0.2, 0.25) is 0 Å². The van der Waals surface area contributed by atoms with Crippen LogP contribution in [0.15, 0.2) is 30.5 Å². The van der Waals surface area contributed by atoms with Gasteiger partial charge in [0.25, 0.3) is 5.91 Å². The highest BCUT2D eigenvalue weighted by Crippen LogP contribution is 2.25. The van der Waals surface area contributed by atoms with E-state index in [0.717, 1.165) is 10.9 Å². The Labute approximate surface area is 98.4 Å². The molecule has 4 heteroatoms. The maximum Gasteiger partial charge on any atom is 0.252 e. The first kappa shape index (κ1) is 10.9. The molecule has 0 fully saturated rings. The Kier molecular flexibility index (Phi) is 3.06. The summed E-state index contributed by atoms with van der Waals surface area (Å²) in [4.78, 5) is 15.9. The van der Waals surface area contributed by atoms with E-state index in [-0.39, 0.29) is 5.91 Å². The van der Waals surface area contributed by atoms with Gasteiger partial charge in [0.1, 0.15) is 0 Å². The number of nitrogens with zero attached hydrogens (tertiary/aromatic N) is 1. The van der Waals surface area contributed by atoms with Crippen LogP contribution in [-0.2, 0) is 0 Å². The molecule has 0 atom stereocenters. The minimum absolute atomic E-state index is 0.154. The van der Waals surface area contributed by atoms with Gasteiger partial charge in [0, 0.05) is 18.1 Å². The maximum absolute atomic E-state index is 11.7. The van der Waals surface area contributed by atoms with E-state index in [1.165, 1.54) is 0 Å². The number of fused-ring (bicyclic) bond motifs is 1. The number of pyridine rings is 1. The molecule has 0 saturated carbocycles. The zero-order valence-electron chi connectivity index (χ0n) is 8.83. The Morgan fingerprint density at radius 1 is 1.44 bits per heavy atom. The predicted molar refractivity (Wildman–Crippen MR) is 64.8 cm³/mol. The van der Waals surface area contributed by atoms with E-state index in [0.29, 0.717) is 17.1 Å². The molecule has 0 aliphatic carbocycles. The van der Waals surface area contributed by atoms with Crippen LogP contribution in [-0.4, -0.2) is 17.4 Å². The van der Waals surface area contributed by atoms with E-state index in [4.69, 9.17) is 11.6 Å². The summed E-state index contributed by atoms with van der Waals surface area (Å²) in [5.41, 5.74) is 1.28. The van der Waals surface area contributed by atoms with Crippen LogP contribution in [0.5, 0.6) is 0 Å². The Bertz CT molecular complexity index is 540. The number of hydrogen-bond acceptors (Lipinski definition) is 2. The molecule has 2 aromatic rings. The van der Waals surface area contributed by atoms with Crippen molar-refractivity contribution in [2.45, 2.75) is 6.92 Å². The van der Waals surface area contributed by atoms with Gasteiger partial charge >= 0.3 is 0 Å². The topological polar surface area (TPSA) is 42.0 Å². The molecular weight excluding hydrogens is 224 g/mol. The van der Waals surface area contributed by atoms with Crippen molar-refractivity contribution in [2.24, 2.45) is 0 Å². The summed E-state index contributed by atoms with van der Waals surface area (Å²) in [5, 5.41) is 3.98. The molecule has 0 saturated heterocycles. The van der Waals surface area contributed by atoms with Crippen LogP contribution >= 0.6 is 11.6 Å². The second-order valence-electron chi connectivity index (χ2n) is 3.36. The number of halogens is 1. The Morgan fingerprint density at radius 2 is 2.25 bits per heavy atom. The third-order valence-corrected chi connectivity index (χ3v) is 2.71. The van der Waals surface area contributed by atoms with Gasteiger partial charge in [-0.1, -0.05) is 11.6 Å². The normalized spacial score (nSPS) is 10.4. The number of rotatable bonds is 2. The fraction of sp³-hybridized carbons (Fsp3) is 0.167. The Morgan fingerprint density at radius 3 is 3.00 bits per heavy atom. The Hall–Kier alpha value is -1.61. The average Bonchev–Trinajstić information content (AvgIpc) is 2.30. The first-order valence-corrected chi connectivity index (χ1v) is 5.43. The van der Waals surface area contributed by atoms with Crippen LogP contribution in [0.1, 0.15) is 17.3 Å². The van der Waals surface area contributed by atoms with Crippen molar-refractivity contribution in [3.05, 3.63) is 41.0 Å². The molecule has 0 bridgehead atoms. The highest BCUT2D eigenvalue weighted by atomic mass is 35.5. The van der Waals surface area contributed by atoms with Crippen LogP contribution < -0.4 is 5.32 Å². The van der Waals surface area contributed by atoms with Crippen molar-refractivity contribution >= 4 is 28.4 Å². The summed E-state index contributed by atoms with van der Waals surface area (Å²) in [6.07, 6.45) is 1.70. The molecule has 82 valence electrons. The predicted octanol–water partition coefficient (Wildman–Crippen LogP) is 2.64. The lowest BCUT2D eigenvalue weighted by Gasteiger charge is -2.06. The second kappa shape index (κ2) is 4.49. The summed E-state index contributed by atoms with van der Waals surface area (Å²) < 4.78 is 0. The van der Waals surface area contributed by atoms with Gasteiger partial charge < -0.3 is 5.32 Å². The van der Waals surface area contributed by atoms with Gasteiger partial charge in [-0.2, -0.15) is 0 Å². The third kappa shape index (κ3) is 1.86. The summed E-state index contributed by atoms with van der Waals surface area (Å²) in [6, 6.07) is 7.15. The van der Waals surface area contributed by atoms with Gasteiger partial charge in [-0.3, -0.25) is 9.78 Å². The lowest BCUT2D eigenvalue weighted by Crippen LogP contribution is -2.22. The van der Waals surface area contributed by atoms with Gasteiger partial charge in [-0.05, 0) is 31.2 Å². The molecule has 0 aliphatic rings. The Balaban J connectivity index is 2.56. The number of benzene rings is 1. The lowest BCUT2D eigenvalue weighted by atomic mass is 10.1. The molecule has 0 unspecified atom stereocenters. The maximum atomic E-state index is 11.7. The standard InChI is InChI=1S/C12H11ClN2O/c1-2-14-12(16)9-5-6-10-8(11(9)13)4-3-7-15-10/h3-7H,2H2,1H3,(H,14,16). The van der Waals surface area contributed by atoms with Crippen molar-refractivity contribution < 1.29 is 4.79 Å². The van der Waals surface area contributed by atoms with Crippen molar-refractivity contribution in [1.29, 1.82) is 0 Å². The lowest BCUT2D eigenvalue weighted by molar-refractivity contribution is 0.0956. The fourth-order valence-corrected chi connectivity index (χ4v) is 1.86. The van der Waals surface area contributed by atoms with E-state index in [1.54, 1.807) is 24.4 Å². The SMILES string of the molecule is CCNC(=O)c1ccc2ncccc2c1Cl. The van der Waals surface area contributed by atoms with Crippen LogP contribution in [0, 0.1) is 0 Å². The number of hydrogen-bond donors (Lipinski definition) is 1. The molecule has 0 spiro atoms. The summed E-state index contributed by atoms with van der Waals surface area (Å²) in [5.74, 6) is -0.154. The van der Waals surface area contributed by atoms with E-state index in [2.05, 4.69) is 10.3 Å². The van der Waals surface area contributed by atoms with Gasteiger partial charge in [-0.15, -0.1) is 0 Å². The first-order valence-electron chi connectivity index (χ1n) is 5.05. The largest absolute Gasteiger partial charge is 0.352 e. The molecule has 1 N–H and O–H groups in total. The van der Waals surface area contributed by atoms with Gasteiger partial charge in [-0.25, -0.2) is 0 Å². The molecule has 1 amide bonds. The molecule has 0 aliphatic heterocycles. The van der Waals surface area contributed by atoms with Crippen molar-refractivity contribution in [2.75, 3.05) is 6.54 Å². The molecule has 0 radical (unpaired) electrons. The summed E-state index contributed by atoms with van der Waals surface area (Å²) in [6.45, 7) is 2.45. The van der Waals surface area contributed by atoms with Crippen LogP contribution in [0.2, 0.25) is 5.02 Å². The van der Waals surface area contributed by atoms with Crippen molar-refractivity contribution in [1.82, 2.24) is 10.3 Å². The van der Waals surface area contributed by atoms with Crippen LogP contribution in [0.4, 0.5) is 0 Å². The zero-order valence-corrected chi connectivity index (χ0v) is 9.58. The van der Waals surface area contributed by atoms with Crippen molar-refractivity contribution in [3.8, 4) is 0 Å². The smallest absolute Gasteiger partial charge is 0.252 e. The van der Waals surface area contributed by atoms with Crippen molar-refractivity contribution in [3.63, 3.8) is 0 Å². The summed E-state index contributed by atoms with van der Waals surface area (Å²) >= 11 is 6.17. The molecule has 1 heterocycles. The zero-order chi connectivity index (χ0) is 11.5. The highest BCUT2D eigenvalue weighted by Gasteiger charge is 2.11. The molecule has 1 aromatic carbocycles. The second-order valence-corrected chi connectivity index (χ2v) is 3.73. The molecule has 16 heavy (non-hydrogen) atoms. The van der Waals surface area contributed by atoms with E-state index < -0.39 is 0 Å². The van der Waals surface area contributed by atoms with Crippen LogP contribution in [0.3, 0.4) is 0 Å². The molecule has 3 nitrogen and oxygen atoms in total. The molecule has 2 rings (SSSR count). The minimum Gasteiger partial charge on any atom is -0.352 e. The van der Waals surface area contributed by atoms with Gasteiger partial charge in [0.15, 0.2) is 0 Å². The van der Waals surface area contributed by atoms with E-state index in [9.17, 15) is 4.79 Å². The van der Waals surface area contributed by atoms with Crippen LogP contribution in [0.25, 0.3) is 10.9 Å². The fourth-order valence-electron chi connectivity index (χ4n) is 1.55. The first-order chi connectivity index (χ1) is 7.74. The van der Waals surface area contributed by atoms with Gasteiger partial charge in [0.05, 0.1) is 16.1 Å². The molecular formula is C12H11ClN2O. The monoisotopic (exact) mass is 234 g/mol. The van der Waals surface area contributed by atoms with E-state index in [1.807, 2.05) is 13.0 Å². The number of carbonyl (C=O) groups is 1. The number of aromatic nitrogens is 1. The summed E-state index contributed by atoms with van der Waals surface area (Å²) in [7, 11) is 0. The number of nitrogens with one attached hydrogen (secondary N) is 1. The quantitative estimate of drug-likeness (QED) is 0.868. The number of carbonyl (C=O) groups excluding carboxylic acids is 1.